The SMILES string of the molecule is CNS(=O)(=O)c1ccc(Nc2ccc(Br)c(C)c2)c(N)c1. The van der Waals surface area contributed by atoms with Crippen LogP contribution in [0.2, 0.25) is 0 Å². The Morgan fingerprint density at radius 1 is 1.14 bits per heavy atom. The quantitative estimate of drug-likeness (QED) is 0.723. The van der Waals surface area contributed by atoms with Crippen molar-refractivity contribution < 1.29 is 8.42 Å². The summed E-state index contributed by atoms with van der Waals surface area (Å²) >= 11 is 3.44. The van der Waals surface area contributed by atoms with Crippen LogP contribution in [0.4, 0.5) is 17.1 Å². The Morgan fingerprint density at radius 3 is 2.43 bits per heavy atom. The minimum absolute atomic E-state index is 0.139. The van der Waals surface area contributed by atoms with Crippen molar-refractivity contribution in [2.45, 2.75) is 11.8 Å². The number of rotatable bonds is 4. The number of halogens is 1. The van der Waals surface area contributed by atoms with Gasteiger partial charge in [-0.2, -0.15) is 0 Å². The lowest BCUT2D eigenvalue weighted by Crippen LogP contribution is -2.18. The van der Waals surface area contributed by atoms with E-state index in [2.05, 4.69) is 26.0 Å². The number of hydrogen-bond acceptors (Lipinski definition) is 4. The van der Waals surface area contributed by atoms with Gasteiger partial charge >= 0.3 is 0 Å². The molecular formula is C14H16BrN3O2S. The Morgan fingerprint density at radius 2 is 1.86 bits per heavy atom. The largest absolute Gasteiger partial charge is 0.397 e. The van der Waals surface area contributed by atoms with Gasteiger partial charge in [0, 0.05) is 10.2 Å². The highest BCUT2D eigenvalue weighted by atomic mass is 79.9. The fraction of sp³-hybridized carbons (Fsp3) is 0.143. The second-order valence-corrected chi connectivity index (χ2v) is 7.29. The lowest BCUT2D eigenvalue weighted by molar-refractivity contribution is 0.588. The molecule has 0 saturated heterocycles. The van der Waals surface area contributed by atoms with Crippen LogP contribution in [0.3, 0.4) is 0 Å². The smallest absolute Gasteiger partial charge is 0.240 e. The van der Waals surface area contributed by atoms with Crippen molar-refractivity contribution in [3.63, 3.8) is 0 Å². The summed E-state index contributed by atoms with van der Waals surface area (Å²) in [5, 5.41) is 3.18. The summed E-state index contributed by atoms with van der Waals surface area (Å²) in [7, 11) is -2.12. The van der Waals surface area contributed by atoms with E-state index in [0.717, 1.165) is 15.7 Å². The summed E-state index contributed by atoms with van der Waals surface area (Å²) in [5.74, 6) is 0. The van der Waals surface area contributed by atoms with Crippen LogP contribution in [0, 0.1) is 6.92 Å². The molecule has 0 aliphatic carbocycles. The summed E-state index contributed by atoms with van der Waals surface area (Å²) in [6.45, 7) is 1.99. The van der Waals surface area contributed by atoms with Crippen LogP contribution < -0.4 is 15.8 Å². The molecule has 0 aliphatic heterocycles. The van der Waals surface area contributed by atoms with Gasteiger partial charge in [0.15, 0.2) is 0 Å². The maximum absolute atomic E-state index is 11.7. The van der Waals surface area contributed by atoms with E-state index < -0.39 is 10.0 Å². The standard InChI is InChI=1S/C14H16BrN3O2S/c1-9-7-10(3-5-12(9)15)18-14-6-4-11(8-13(14)16)21(19,20)17-2/h3-8,17-18H,16H2,1-2H3. The Balaban J connectivity index is 2.31. The topological polar surface area (TPSA) is 84.2 Å². The van der Waals surface area contributed by atoms with E-state index in [1.165, 1.54) is 19.2 Å². The van der Waals surface area contributed by atoms with Crippen LogP contribution >= 0.6 is 15.9 Å². The van der Waals surface area contributed by atoms with E-state index in [4.69, 9.17) is 5.73 Å². The van der Waals surface area contributed by atoms with Crippen LogP contribution in [0.15, 0.2) is 45.8 Å². The predicted molar refractivity (Wildman–Crippen MR) is 89.3 cm³/mol. The summed E-state index contributed by atoms with van der Waals surface area (Å²) in [5.41, 5.74) is 8.92. The normalized spacial score (nSPS) is 11.4. The molecule has 0 atom stereocenters. The van der Waals surface area contributed by atoms with E-state index in [1.807, 2.05) is 25.1 Å². The molecule has 2 rings (SSSR count). The van der Waals surface area contributed by atoms with Gasteiger partial charge in [-0.25, -0.2) is 13.1 Å². The Kier molecular flexibility index (Phi) is 4.55. The number of anilines is 3. The maximum Gasteiger partial charge on any atom is 0.240 e. The molecule has 0 saturated carbocycles. The molecule has 112 valence electrons. The second kappa shape index (κ2) is 6.05. The summed E-state index contributed by atoms with van der Waals surface area (Å²) < 4.78 is 26.7. The van der Waals surface area contributed by atoms with Crippen molar-refractivity contribution in [1.29, 1.82) is 0 Å². The van der Waals surface area contributed by atoms with Crippen molar-refractivity contribution in [2.24, 2.45) is 0 Å². The van der Waals surface area contributed by atoms with Crippen molar-refractivity contribution in [1.82, 2.24) is 4.72 Å². The van der Waals surface area contributed by atoms with Crippen LogP contribution in [-0.4, -0.2) is 15.5 Å². The average molecular weight is 370 g/mol. The molecule has 5 nitrogen and oxygen atoms in total. The second-order valence-electron chi connectivity index (χ2n) is 4.55. The molecule has 0 fully saturated rings. The number of hydrogen-bond donors (Lipinski definition) is 3. The van der Waals surface area contributed by atoms with Crippen LogP contribution in [0.25, 0.3) is 0 Å². The molecule has 2 aromatic carbocycles. The number of nitrogen functional groups attached to an aromatic ring is 1. The number of benzene rings is 2. The van der Waals surface area contributed by atoms with Gasteiger partial charge in [-0.05, 0) is 55.9 Å². The van der Waals surface area contributed by atoms with Crippen LogP contribution in [-0.2, 0) is 10.0 Å². The molecular weight excluding hydrogens is 354 g/mol. The number of nitrogens with two attached hydrogens (primary N) is 1. The first-order valence-corrected chi connectivity index (χ1v) is 8.47. The Labute approximate surface area is 132 Å². The number of nitrogens with one attached hydrogen (secondary N) is 2. The van der Waals surface area contributed by atoms with Gasteiger partial charge in [-0.3, -0.25) is 0 Å². The molecule has 21 heavy (non-hydrogen) atoms. The first-order chi connectivity index (χ1) is 9.83. The fourth-order valence-electron chi connectivity index (χ4n) is 1.82. The average Bonchev–Trinajstić information content (AvgIpc) is 2.45. The first-order valence-electron chi connectivity index (χ1n) is 6.20. The van der Waals surface area contributed by atoms with Crippen molar-refractivity contribution in [3.8, 4) is 0 Å². The van der Waals surface area contributed by atoms with Crippen molar-refractivity contribution in [2.75, 3.05) is 18.1 Å². The van der Waals surface area contributed by atoms with E-state index in [-0.39, 0.29) is 4.90 Å². The third-order valence-electron chi connectivity index (χ3n) is 3.04. The molecule has 0 unspecified atom stereocenters. The molecule has 7 heteroatoms. The molecule has 4 N–H and O–H groups in total. The zero-order valence-electron chi connectivity index (χ0n) is 11.6. The molecule has 0 bridgehead atoms. The van der Waals surface area contributed by atoms with E-state index >= 15 is 0 Å². The van der Waals surface area contributed by atoms with Gasteiger partial charge in [0.05, 0.1) is 16.3 Å². The predicted octanol–water partition coefficient (Wildman–Crippen LogP) is 2.99. The van der Waals surface area contributed by atoms with Gasteiger partial charge in [0.25, 0.3) is 0 Å². The van der Waals surface area contributed by atoms with Crippen LogP contribution in [0.1, 0.15) is 5.56 Å². The van der Waals surface area contributed by atoms with Gasteiger partial charge < -0.3 is 11.1 Å². The third-order valence-corrected chi connectivity index (χ3v) is 5.34. The minimum atomic E-state index is -3.49. The monoisotopic (exact) mass is 369 g/mol. The molecule has 0 radical (unpaired) electrons. The van der Waals surface area contributed by atoms with E-state index in [9.17, 15) is 8.42 Å². The number of sulfonamides is 1. The van der Waals surface area contributed by atoms with Gasteiger partial charge in [0.1, 0.15) is 0 Å². The molecule has 0 amide bonds. The Bertz CT molecular complexity index is 776. The highest BCUT2D eigenvalue weighted by Crippen LogP contribution is 2.28. The number of aryl methyl sites for hydroxylation is 1. The van der Waals surface area contributed by atoms with Gasteiger partial charge in [-0.15, -0.1) is 0 Å². The van der Waals surface area contributed by atoms with E-state index in [0.29, 0.717) is 11.4 Å². The molecule has 0 aliphatic rings. The maximum atomic E-state index is 11.7. The van der Waals surface area contributed by atoms with Crippen molar-refractivity contribution in [3.05, 3.63) is 46.4 Å². The summed E-state index contributed by atoms with van der Waals surface area (Å²) in [4.78, 5) is 0.139. The molecule has 0 heterocycles. The third kappa shape index (κ3) is 3.55. The Hall–Kier alpha value is -1.57. The zero-order valence-corrected chi connectivity index (χ0v) is 14.0. The van der Waals surface area contributed by atoms with Crippen LogP contribution in [0.5, 0.6) is 0 Å². The lowest BCUT2D eigenvalue weighted by atomic mass is 10.2. The first kappa shape index (κ1) is 15.8. The summed E-state index contributed by atoms with van der Waals surface area (Å²) in [6.07, 6.45) is 0. The molecule has 0 spiro atoms. The highest BCUT2D eigenvalue weighted by Gasteiger charge is 2.13. The van der Waals surface area contributed by atoms with Crippen molar-refractivity contribution >= 4 is 43.0 Å². The summed E-state index contributed by atoms with van der Waals surface area (Å²) in [6, 6.07) is 10.4. The van der Waals surface area contributed by atoms with Gasteiger partial charge in [-0.1, -0.05) is 15.9 Å². The molecule has 0 aromatic heterocycles. The minimum Gasteiger partial charge on any atom is -0.397 e. The van der Waals surface area contributed by atoms with E-state index in [1.54, 1.807) is 6.07 Å². The zero-order chi connectivity index (χ0) is 15.6. The van der Waals surface area contributed by atoms with Gasteiger partial charge in [0.2, 0.25) is 10.0 Å². The lowest BCUT2D eigenvalue weighted by Gasteiger charge is -2.12. The molecule has 2 aromatic rings. The highest BCUT2D eigenvalue weighted by molar-refractivity contribution is 9.10. The fourth-order valence-corrected chi connectivity index (χ4v) is 2.83.